The second-order valence-corrected chi connectivity index (χ2v) is 7.77. The van der Waals surface area contributed by atoms with E-state index in [2.05, 4.69) is 15.5 Å². The molecular formula is C24H25N5O4. The Kier molecular flexibility index (Phi) is 6.12. The summed E-state index contributed by atoms with van der Waals surface area (Å²) in [5.41, 5.74) is 1.91. The number of nitrogens with one attached hydrogen (secondary N) is 1. The molecule has 0 saturated carbocycles. The summed E-state index contributed by atoms with van der Waals surface area (Å²) in [4.78, 5) is 26.2. The molecule has 0 unspecified atom stereocenters. The van der Waals surface area contributed by atoms with Crippen molar-refractivity contribution in [2.45, 2.75) is 26.3 Å². The van der Waals surface area contributed by atoms with E-state index in [-0.39, 0.29) is 12.5 Å². The lowest BCUT2D eigenvalue weighted by Crippen LogP contribution is -2.31. The number of methoxy groups -OCH3 is 2. The van der Waals surface area contributed by atoms with Crippen LogP contribution < -0.4 is 20.3 Å². The minimum absolute atomic E-state index is 0.0255. The zero-order valence-corrected chi connectivity index (χ0v) is 18.9. The monoisotopic (exact) mass is 447 g/mol. The molecule has 9 nitrogen and oxygen atoms in total. The molecule has 0 bridgehead atoms. The van der Waals surface area contributed by atoms with Crippen molar-refractivity contribution in [3.63, 3.8) is 0 Å². The highest BCUT2D eigenvalue weighted by Crippen LogP contribution is 2.29. The number of carbonyl (C=O) groups is 1. The van der Waals surface area contributed by atoms with Crippen LogP contribution in [0.1, 0.15) is 25.5 Å². The fourth-order valence-electron chi connectivity index (χ4n) is 3.62. The Morgan fingerprint density at radius 2 is 1.85 bits per heavy atom. The summed E-state index contributed by atoms with van der Waals surface area (Å²) in [7, 11) is 3.05. The van der Waals surface area contributed by atoms with Gasteiger partial charge in [0.15, 0.2) is 0 Å². The number of para-hydroxylation sites is 1. The molecule has 0 spiro atoms. The van der Waals surface area contributed by atoms with Gasteiger partial charge in [0.1, 0.15) is 23.6 Å². The molecule has 4 aromatic rings. The third-order valence-electron chi connectivity index (χ3n) is 5.23. The van der Waals surface area contributed by atoms with E-state index in [0.717, 1.165) is 5.69 Å². The van der Waals surface area contributed by atoms with E-state index < -0.39 is 11.5 Å². The van der Waals surface area contributed by atoms with Gasteiger partial charge in [-0.3, -0.25) is 9.59 Å². The molecule has 1 N–H and O–H groups in total. The van der Waals surface area contributed by atoms with Crippen LogP contribution in [0.3, 0.4) is 0 Å². The summed E-state index contributed by atoms with van der Waals surface area (Å²) in [6, 6.07) is 14.4. The van der Waals surface area contributed by atoms with E-state index >= 15 is 0 Å². The number of fused-ring (bicyclic) bond motifs is 1. The Morgan fingerprint density at radius 3 is 2.52 bits per heavy atom. The smallest absolute Gasteiger partial charge is 0.293 e. The molecule has 0 aliphatic heterocycles. The maximum atomic E-state index is 13.4. The average molecular weight is 447 g/mol. The summed E-state index contributed by atoms with van der Waals surface area (Å²) in [6.45, 7) is 3.71. The van der Waals surface area contributed by atoms with E-state index in [9.17, 15) is 9.59 Å². The Bertz CT molecular complexity index is 1360. The molecule has 170 valence electrons. The maximum Gasteiger partial charge on any atom is 0.293 e. The molecule has 9 heteroatoms. The van der Waals surface area contributed by atoms with Crippen LogP contribution in [0.5, 0.6) is 11.5 Å². The second kappa shape index (κ2) is 9.15. The number of carbonyl (C=O) groups excluding carboxylic acids is 1. The van der Waals surface area contributed by atoms with Crippen LogP contribution in [0.15, 0.2) is 59.5 Å². The predicted octanol–water partition coefficient (Wildman–Crippen LogP) is 3.36. The molecule has 2 heterocycles. The summed E-state index contributed by atoms with van der Waals surface area (Å²) in [5.74, 6) is 0.665. The molecule has 4 rings (SSSR count). The van der Waals surface area contributed by atoms with E-state index in [0.29, 0.717) is 33.8 Å². The van der Waals surface area contributed by atoms with Crippen LogP contribution in [0.2, 0.25) is 0 Å². The van der Waals surface area contributed by atoms with Gasteiger partial charge in [0, 0.05) is 11.5 Å². The van der Waals surface area contributed by atoms with Crippen molar-refractivity contribution in [3.05, 3.63) is 70.8 Å². The minimum Gasteiger partial charge on any atom is -0.497 e. The van der Waals surface area contributed by atoms with Crippen molar-refractivity contribution in [2.24, 2.45) is 0 Å². The van der Waals surface area contributed by atoms with E-state index in [1.165, 1.54) is 11.8 Å². The lowest BCUT2D eigenvalue weighted by Gasteiger charge is -2.14. The predicted molar refractivity (Wildman–Crippen MR) is 125 cm³/mol. The molecule has 33 heavy (non-hydrogen) atoms. The highest BCUT2D eigenvalue weighted by Gasteiger charge is 2.20. The molecular weight excluding hydrogens is 422 g/mol. The molecule has 0 fully saturated rings. The number of anilines is 1. The third-order valence-corrected chi connectivity index (χ3v) is 5.23. The first-order valence-corrected chi connectivity index (χ1v) is 10.5. The highest BCUT2D eigenvalue weighted by molar-refractivity contribution is 5.92. The van der Waals surface area contributed by atoms with Gasteiger partial charge in [-0.1, -0.05) is 32.0 Å². The zero-order valence-electron chi connectivity index (χ0n) is 18.9. The molecule has 0 aliphatic rings. The SMILES string of the molecule is COc1ccc(NC(=O)Cn2nc(C(C)C)c3cnn(-c4ccccc4)c3c2=O)c(OC)c1. The van der Waals surface area contributed by atoms with E-state index in [4.69, 9.17) is 9.47 Å². The molecule has 2 aromatic carbocycles. The minimum atomic E-state index is -0.409. The Balaban J connectivity index is 1.73. The largest absolute Gasteiger partial charge is 0.497 e. The summed E-state index contributed by atoms with van der Waals surface area (Å²) in [6.07, 6.45) is 1.65. The quantitative estimate of drug-likeness (QED) is 0.466. The van der Waals surface area contributed by atoms with E-state index in [1.54, 1.807) is 36.2 Å². The topological polar surface area (TPSA) is 100 Å². The van der Waals surface area contributed by atoms with Gasteiger partial charge in [-0.15, -0.1) is 0 Å². The van der Waals surface area contributed by atoms with Crippen molar-refractivity contribution in [2.75, 3.05) is 19.5 Å². The Morgan fingerprint density at radius 1 is 1.09 bits per heavy atom. The summed E-state index contributed by atoms with van der Waals surface area (Å²) < 4.78 is 13.3. The van der Waals surface area contributed by atoms with Crippen LogP contribution in [-0.4, -0.2) is 39.7 Å². The van der Waals surface area contributed by atoms with Crippen molar-refractivity contribution < 1.29 is 14.3 Å². The normalized spacial score (nSPS) is 11.1. The number of hydrogen-bond acceptors (Lipinski definition) is 6. The first-order chi connectivity index (χ1) is 15.9. The maximum absolute atomic E-state index is 13.4. The lowest BCUT2D eigenvalue weighted by molar-refractivity contribution is -0.117. The van der Waals surface area contributed by atoms with Gasteiger partial charge in [0.2, 0.25) is 5.91 Å². The van der Waals surface area contributed by atoms with Crippen molar-refractivity contribution in [1.82, 2.24) is 19.6 Å². The van der Waals surface area contributed by atoms with Crippen LogP contribution in [0.25, 0.3) is 16.6 Å². The molecule has 0 aliphatic carbocycles. The molecule has 2 aromatic heterocycles. The van der Waals surface area contributed by atoms with E-state index in [1.807, 2.05) is 44.2 Å². The molecule has 1 amide bonds. The summed E-state index contributed by atoms with van der Waals surface area (Å²) in [5, 5.41) is 12.4. The molecule has 0 radical (unpaired) electrons. The molecule has 0 atom stereocenters. The third kappa shape index (κ3) is 4.30. The van der Waals surface area contributed by atoms with Gasteiger partial charge in [-0.2, -0.15) is 10.2 Å². The first kappa shape index (κ1) is 22.1. The van der Waals surface area contributed by atoms with Crippen LogP contribution in [0.4, 0.5) is 5.69 Å². The van der Waals surface area contributed by atoms with Gasteiger partial charge in [-0.25, -0.2) is 9.36 Å². The lowest BCUT2D eigenvalue weighted by atomic mass is 10.1. The van der Waals surface area contributed by atoms with Gasteiger partial charge < -0.3 is 14.8 Å². The van der Waals surface area contributed by atoms with Crippen LogP contribution in [0, 0.1) is 0 Å². The number of aromatic nitrogens is 4. The second-order valence-electron chi connectivity index (χ2n) is 7.77. The van der Waals surface area contributed by atoms with Gasteiger partial charge >= 0.3 is 0 Å². The average Bonchev–Trinajstić information content (AvgIpc) is 3.27. The van der Waals surface area contributed by atoms with Gasteiger partial charge in [0.05, 0.1) is 37.5 Å². The number of benzene rings is 2. The fourth-order valence-corrected chi connectivity index (χ4v) is 3.62. The van der Waals surface area contributed by atoms with Gasteiger partial charge in [-0.05, 0) is 30.2 Å². The molecule has 0 saturated heterocycles. The zero-order chi connectivity index (χ0) is 23.5. The van der Waals surface area contributed by atoms with Crippen molar-refractivity contribution in [3.8, 4) is 17.2 Å². The number of rotatable bonds is 7. The van der Waals surface area contributed by atoms with Crippen molar-refractivity contribution in [1.29, 1.82) is 0 Å². The number of hydrogen-bond donors (Lipinski definition) is 1. The van der Waals surface area contributed by atoms with Crippen LogP contribution >= 0.6 is 0 Å². The number of nitrogens with zero attached hydrogens (tertiary/aromatic N) is 4. The standard InChI is InChI=1S/C24H25N5O4/c1-15(2)22-18-13-25-29(16-8-6-5-7-9-16)23(18)24(31)28(27-22)14-21(30)26-19-11-10-17(32-3)12-20(19)33-4/h5-13,15H,14H2,1-4H3,(H,26,30). The first-order valence-electron chi connectivity index (χ1n) is 10.5. The van der Waals surface area contributed by atoms with Gasteiger partial charge in [0.25, 0.3) is 5.56 Å². The Labute approximate surface area is 190 Å². The Hall–Kier alpha value is -4.14. The number of amides is 1. The highest BCUT2D eigenvalue weighted by atomic mass is 16.5. The van der Waals surface area contributed by atoms with Crippen LogP contribution in [-0.2, 0) is 11.3 Å². The summed E-state index contributed by atoms with van der Waals surface area (Å²) >= 11 is 0. The van der Waals surface area contributed by atoms with Crippen molar-refractivity contribution >= 4 is 22.5 Å². The number of ether oxygens (including phenoxy) is 2. The fraction of sp³-hybridized carbons (Fsp3) is 0.250.